The number of benzene rings is 1. The number of rotatable bonds is 2. The summed E-state index contributed by atoms with van der Waals surface area (Å²) >= 11 is 0. The molecule has 2 nitrogen and oxygen atoms in total. The largest absolute Gasteiger partial charge is 0.385 e. The second-order valence-electron chi connectivity index (χ2n) is 4.57. The van der Waals surface area contributed by atoms with Crippen LogP contribution in [0.3, 0.4) is 0 Å². The van der Waals surface area contributed by atoms with Gasteiger partial charge >= 0.3 is 0 Å². The van der Waals surface area contributed by atoms with Gasteiger partial charge in [0.05, 0.1) is 12.2 Å². The zero-order valence-electron chi connectivity index (χ0n) is 9.45. The van der Waals surface area contributed by atoms with E-state index in [1.165, 1.54) is 12.1 Å². The SMILES string of the molecule is CC(O)(c1cccc(F)c1)C1CCCOC1. The molecule has 0 aromatic heterocycles. The van der Waals surface area contributed by atoms with Crippen molar-refractivity contribution in [1.82, 2.24) is 0 Å². The predicted octanol–water partition coefficient (Wildman–Crippen LogP) is 2.46. The molecule has 2 unspecified atom stereocenters. The van der Waals surface area contributed by atoms with E-state index in [0.29, 0.717) is 12.2 Å². The van der Waals surface area contributed by atoms with Crippen molar-refractivity contribution in [3.05, 3.63) is 35.6 Å². The first-order valence-electron chi connectivity index (χ1n) is 5.67. The fourth-order valence-electron chi connectivity index (χ4n) is 2.22. The molecule has 3 heteroatoms. The van der Waals surface area contributed by atoms with Gasteiger partial charge in [-0.1, -0.05) is 12.1 Å². The van der Waals surface area contributed by atoms with Crippen LogP contribution in [0.2, 0.25) is 0 Å². The molecule has 0 spiro atoms. The summed E-state index contributed by atoms with van der Waals surface area (Å²) in [5, 5.41) is 10.5. The lowest BCUT2D eigenvalue weighted by molar-refractivity contribution is -0.0725. The van der Waals surface area contributed by atoms with Gasteiger partial charge in [0.25, 0.3) is 0 Å². The number of ether oxygens (including phenoxy) is 1. The smallest absolute Gasteiger partial charge is 0.123 e. The van der Waals surface area contributed by atoms with Crippen molar-refractivity contribution in [2.24, 2.45) is 5.92 Å². The van der Waals surface area contributed by atoms with Crippen molar-refractivity contribution in [1.29, 1.82) is 0 Å². The zero-order chi connectivity index (χ0) is 11.6. The predicted molar refractivity (Wildman–Crippen MR) is 59.5 cm³/mol. The summed E-state index contributed by atoms with van der Waals surface area (Å²) in [6, 6.07) is 6.17. The Morgan fingerprint density at radius 3 is 2.94 bits per heavy atom. The summed E-state index contributed by atoms with van der Waals surface area (Å²) in [7, 11) is 0. The maximum Gasteiger partial charge on any atom is 0.123 e. The Kier molecular flexibility index (Phi) is 3.26. The summed E-state index contributed by atoms with van der Waals surface area (Å²) < 4.78 is 18.5. The summed E-state index contributed by atoms with van der Waals surface area (Å²) in [6.07, 6.45) is 1.87. The molecule has 1 aromatic carbocycles. The van der Waals surface area contributed by atoms with E-state index >= 15 is 0 Å². The molecule has 0 saturated carbocycles. The molecule has 1 N–H and O–H groups in total. The molecule has 2 rings (SSSR count). The molecular formula is C13H17FO2. The van der Waals surface area contributed by atoms with E-state index in [0.717, 1.165) is 19.4 Å². The lowest BCUT2D eigenvalue weighted by Crippen LogP contribution is -2.37. The van der Waals surface area contributed by atoms with E-state index < -0.39 is 5.60 Å². The Morgan fingerprint density at radius 2 is 2.31 bits per heavy atom. The normalized spacial score (nSPS) is 25.1. The number of halogens is 1. The van der Waals surface area contributed by atoms with E-state index in [1.54, 1.807) is 19.1 Å². The molecule has 1 heterocycles. The lowest BCUT2D eigenvalue weighted by atomic mass is 9.80. The van der Waals surface area contributed by atoms with Gasteiger partial charge in [-0.05, 0) is 37.5 Å². The number of hydrogen-bond acceptors (Lipinski definition) is 2. The van der Waals surface area contributed by atoms with Gasteiger partial charge in [0.2, 0.25) is 0 Å². The van der Waals surface area contributed by atoms with Crippen molar-refractivity contribution in [2.75, 3.05) is 13.2 Å². The average molecular weight is 224 g/mol. The maximum atomic E-state index is 13.1. The van der Waals surface area contributed by atoms with E-state index in [1.807, 2.05) is 0 Å². The van der Waals surface area contributed by atoms with Crippen LogP contribution in [0.15, 0.2) is 24.3 Å². The molecule has 2 atom stereocenters. The first-order chi connectivity index (χ1) is 7.60. The van der Waals surface area contributed by atoms with Crippen LogP contribution in [0.1, 0.15) is 25.3 Å². The topological polar surface area (TPSA) is 29.5 Å². The molecular weight excluding hydrogens is 207 g/mol. The van der Waals surface area contributed by atoms with Crippen LogP contribution in [-0.4, -0.2) is 18.3 Å². The molecule has 1 aromatic rings. The van der Waals surface area contributed by atoms with Crippen LogP contribution in [0, 0.1) is 11.7 Å². The molecule has 88 valence electrons. The van der Waals surface area contributed by atoms with E-state index in [4.69, 9.17) is 4.74 Å². The molecule has 1 saturated heterocycles. The second kappa shape index (κ2) is 4.52. The zero-order valence-corrected chi connectivity index (χ0v) is 9.45. The van der Waals surface area contributed by atoms with Crippen molar-refractivity contribution in [3.63, 3.8) is 0 Å². The Morgan fingerprint density at radius 1 is 1.50 bits per heavy atom. The minimum atomic E-state index is -1.01. The van der Waals surface area contributed by atoms with Crippen LogP contribution in [0.25, 0.3) is 0 Å². The highest BCUT2D eigenvalue weighted by Crippen LogP contribution is 2.34. The van der Waals surface area contributed by atoms with E-state index in [9.17, 15) is 9.50 Å². The van der Waals surface area contributed by atoms with Crippen LogP contribution in [-0.2, 0) is 10.3 Å². The third-order valence-electron chi connectivity index (χ3n) is 3.36. The van der Waals surface area contributed by atoms with Crippen molar-refractivity contribution in [3.8, 4) is 0 Å². The molecule has 1 fully saturated rings. The van der Waals surface area contributed by atoms with Gasteiger partial charge < -0.3 is 9.84 Å². The Hall–Kier alpha value is -0.930. The van der Waals surface area contributed by atoms with Gasteiger partial charge in [-0.25, -0.2) is 4.39 Å². The van der Waals surface area contributed by atoms with Gasteiger partial charge in [0.1, 0.15) is 5.82 Å². The monoisotopic (exact) mass is 224 g/mol. The summed E-state index contributed by atoms with van der Waals surface area (Å²) in [4.78, 5) is 0. The van der Waals surface area contributed by atoms with Crippen LogP contribution < -0.4 is 0 Å². The van der Waals surface area contributed by atoms with E-state index in [-0.39, 0.29) is 11.7 Å². The minimum Gasteiger partial charge on any atom is -0.385 e. The molecule has 0 bridgehead atoms. The Bertz CT molecular complexity index is 357. The standard InChI is InChI=1S/C13H17FO2/c1-13(15,11-5-3-7-16-9-11)10-4-2-6-12(14)8-10/h2,4,6,8,11,15H,3,5,7,9H2,1H3. The summed E-state index contributed by atoms with van der Waals surface area (Å²) in [6.45, 7) is 3.04. The lowest BCUT2D eigenvalue weighted by Gasteiger charge is -2.35. The average Bonchev–Trinajstić information content (AvgIpc) is 2.30. The summed E-state index contributed by atoms with van der Waals surface area (Å²) in [5.41, 5.74) is -0.384. The number of hydrogen-bond donors (Lipinski definition) is 1. The van der Waals surface area contributed by atoms with Crippen LogP contribution >= 0.6 is 0 Å². The third-order valence-corrected chi connectivity index (χ3v) is 3.36. The summed E-state index contributed by atoms with van der Waals surface area (Å²) in [5.74, 6) is -0.266. The highest BCUT2D eigenvalue weighted by Gasteiger charge is 2.35. The fourth-order valence-corrected chi connectivity index (χ4v) is 2.22. The Labute approximate surface area is 95.1 Å². The third kappa shape index (κ3) is 2.25. The first kappa shape index (κ1) is 11.6. The minimum absolute atomic E-state index is 0.0445. The van der Waals surface area contributed by atoms with Gasteiger partial charge in [0, 0.05) is 12.5 Å². The van der Waals surface area contributed by atoms with Crippen LogP contribution in [0.5, 0.6) is 0 Å². The Balaban J connectivity index is 2.22. The van der Waals surface area contributed by atoms with Crippen molar-refractivity contribution >= 4 is 0 Å². The second-order valence-corrected chi connectivity index (χ2v) is 4.57. The molecule has 0 amide bonds. The van der Waals surface area contributed by atoms with Gasteiger partial charge in [-0.3, -0.25) is 0 Å². The van der Waals surface area contributed by atoms with Crippen molar-refractivity contribution in [2.45, 2.75) is 25.4 Å². The molecule has 0 radical (unpaired) electrons. The van der Waals surface area contributed by atoms with Gasteiger partial charge in [0.15, 0.2) is 0 Å². The fraction of sp³-hybridized carbons (Fsp3) is 0.538. The van der Waals surface area contributed by atoms with Gasteiger partial charge in [-0.2, -0.15) is 0 Å². The molecule has 16 heavy (non-hydrogen) atoms. The molecule has 1 aliphatic heterocycles. The molecule has 1 aliphatic rings. The van der Waals surface area contributed by atoms with Crippen LogP contribution in [0.4, 0.5) is 4.39 Å². The molecule has 0 aliphatic carbocycles. The number of aliphatic hydroxyl groups is 1. The highest BCUT2D eigenvalue weighted by molar-refractivity contribution is 5.23. The van der Waals surface area contributed by atoms with Gasteiger partial charge in [-0.15, -0.1) is 0 Å². The first-order valence-corrected chi connectivity index (χ1v) is 5.67. The maximum absolute atomic E-state index is 13.1. The quantitative estimate of drug-likeness (QED) is 0.836. The highest BCUT2D eigenvalue weighted by atomic mass is 19.1. The van der Waals surface area contributed by atoms with E-state index in [2.05, 4.69) is 0 Å². The van der Waals surface area contributed by atoms with Crippen molar-refractivity contribution < 1.29 is 14.2 Å².